The normalized spacial score (nSPS) is 9.75. The first-order valence-electron chi connectivity index (χ1n) is 6.28. The molecule has 0 aliphatic rings. The highest BCUT2D eigenvalue weighted by Gasteiger charge is 2.06. The summed E-state index contributed by atoms with van der Waals surface area (Å²) in [6, 6.07) is 16.5. The second-order valence-corrected chi connectivity index (χ2v) is 4.46. The molecule has 0 heterocycles. The molecular weight excluding hydrogens is 250 g/mol. The van der Waals surface area contributed by atoms with Crippen LogP contribution >= 0.6 is 0 Å². The van der Waals surface area contributed by atoms with Crippen LogP contribution in [-0.4, -0.2) is 5.91 Å². The molecule has 0 bridgehead atoms. The quantitative estimate of drug-likeness (QED) is 0.830. The van der Waals surface area contributed by atoms with Crippen molar-refractivity contribution < 1.29 is 4.79 Å². The van der Waals surface area contributed by atoms with E-state index in [1.54, 1.807) is 24.3 Å². The van der Waals surface area contributed by atoms with Gasteiger partial charge in [0, 0.05) is 12.2 Å². The fourth-order valence-electron chi connectivity index (χ4n) is 1.88. The van der Waals surface area contributed by atoms with Crippen molar-refractivity contribution >= 4 is 11.6 Å². The number of nitrogens with two attached hydrogens (primary N) is 1. The van der Waals surface area contributed by atoms with Gasteiger partial charge in [0.05, 0.1) is 18.1 Å². The lowest BCUT2D eigenvalue weighted by molar-refractivity contribution is -0.120. The lowest BCUT2D eigenvalue weighted by Crippen LogP contribution is -2.24. The number of rotatable bonds is 4. The number of nitrogen functional groups attached to an aromatic ring is 1. The molecule has 0 saturated heterocycles. The van der Waals surface area contributed by atoms with E-state index in [1.807, 2.05) is 24.3 Å². The number of anilines is 1. The van der Waals surface area contributed by atoms with Gasteiger partial charge in [0.25, 0.3) is 0 Å². The van der Waals surface area contributed by atoms with Crippen molar-refractivity contribution in [1.82, 2.24) is 5.32 Å². The Balaban J connectivity index is 1.93. The van der Waals surface area contributed by atoms with Crippen LogP contribution in [0.2, 0.25) is 0 Å². The van der Waals surface area contributed by atoms with Crippen LogP contribution in [0.5, 0.6) is 0 Å². The van der Waals surface area contributed by atoms with Crippen LogP contribution in [0.4, 0.5) is 5.69 Å². The lowest BCUT2D eigenvalue weighted by atomic mass is 10.1. The van der Waals surface area contributed by atoms with Gasteiger partial charge in [-0.1, -0.05) is 30.3 Å². The summed E-state index contributed by atoms with van der Waals surface area (Å²) in [7, 11) is 0. The standard InChI is InChI=1S/C16H15N3O/c17-10-12-4-3-5-13(8-12)11-19-16(20)9-14-6-1-2-7-15(14)18/h1-8H,9,11,18H2,(H,19,20). The molecule has 4 heteroatoms. The number of nitriles is 1. The molecule has 20 heavy (non-hydrogen) atoms. The first kappa shape index (κ1) is 13.6. The third-order valence-corrected chi connectivity index (χ3v) is 2.95. The van der Waals surface area contributed by atoms with E-state index in [9.17, 15) is 4.79 Å². The fourth-order valence-corrected chi connectivity index (χ4v) is 1.88. The van der Waals surface area contributed by atoms with Crippen molar-refractivity contribution in [2.75, 3.05) is 5.73 Å². The molecule has 0 aliphatic carbocycles. The number of hydrogen-bond donors (Lipinski definition) is 2. The van der Waals surface area contributed by atoms with E-state index in [0.29, 0.717) is 17.8 Å². The molecular formula is C16H15N3O. The van der Waals surface area contributed by atoms with Gasteiger partial charge in [-0.05, 0) is 29.3 Å². The molecule has 2 aromatic carbocycles. The van der Waals surface area contributed by atoms with Crippen LogP contribution < -0.4 is 11.1 Å². The van der Waals surface area contributed by atoms with E-state index >= 15 is 0 Å². The summed E-state index contributed by atoms with van der Waals surface area (Å²) < 4.78 is 0. The number of amides is 1. The van der Waals surface area contributed by atoms with Crippen LogP contribution in [0.1, 0.15) is 16.7 Å². The van der Waals surface area contributed by atoms with Gasteiger partial charge in [0.2, 0.25) is 5.91 Å². The van der Waals surface area contributed by atoms with Gasteiger partial charge in [0.1, 0.15) is 0 Å². The molecule has 0 unspecified atom stereocenters. The summed E-state index contributed by atoms with van der Waals surface area (Å²) in [5, 5.41) is 11.6. The zero-order valence-electron chi connectivity index (χ0n) is 11.0. The largest absolute Gasteiger partial charge is 0.398 e. The van der Waals surface area contributed by atoms with Crippen LogP contribution in [0, 0.1) is 11.3 Å². The number of benzene rings is 2. The Kier molecular flexibility index (Phi) is 4.35. The first-order valence-corrected chi connectivity index (χ1v) is 6.28. The smallest absolute Gasteiger partial charge is 0.224 e. The van der Waals surface area contributed by atoms with Gasteiger partial charge >= 0.3 is 0 Å². The molecule has 2 rings (SSSR count). The zero-order chi connectivity index (χ0) is 14.4. The summed E-state index contributed by atoms with van der Waals surface area (Å²) >= 11 is 0. The Morgan fingerprint density at radius 3 is 2.75 bits per heavy atom. The third kappa shape index (κ3) is 3.59. The molecule has 100 valence electrons. The molecule has 0 aromatic heterocycles. The minimum atomic E-state index is -0.0924. The van der Waals surface area contributed by atoms with E-state index in [1.165, 1.54) is 0 Å². The summed E-state index contributed by atoms with van der Waals surface area (Å²) in [5.74, 6) is -0.0924. The average Bonchev–Trinajstić information content (AvgIpc) is 2.48. The second kappa shape index (κ2) is 6.39. The monoisotopic (exact) mass is 265 g/mol. The van der Waals surface area contributed by atoms with Crippen molar-refractivity contribution in [2.24, 2.45) is 0 Å². The Morgan fingerprint density at radius 2 is 2.00 bits per heavy atom. The van der Waals surface area contributed by atoms with Crippen molar-refractivity contribution in [3.05, 3.63) is 65.2 Å². The molecule has 2 aromatic rings. The Morgan fingerprint density at radius 1 is 1.20 bits per heavy atom. The maximum Gasteiger partial charge on any atom is 0.224 e. The van der Waals surface area contributed by atoms with Crippen LogP contribution in [0.25, 0.3) is 0 Å². The highest BCUT2D eigenvalue weighted by atomic mass is 16.1. The summed E-state index contributed by atoms with van der Waals surface area (Å²) in [6.45, 7) is 0.404. The minimum absolute atomic E-state index is 0.0924. The van der Waals surface area contributed by atoms with Crippen LogP contribution in [-0.2, 0) is 17.8 Å². The van der Waals surface area contributed by atoms with Crippen LogP contribution in [0.15, 0.2) is 48.5 Å². The topological polar surface area (TPSA) is 78.9 Å². The van der Waals surface area contributed by atoms with Crippen molar-refractivity contribution in [2.45, 2.75) is 13.0 Å². The molecule has 0 fully saturated rings. The van der Waals surface area contributed by atoms with Crippen molar-refractivity contribution in [3.63, 3.8) is 0 Å². The minimum Gasteiger partial charge on any atom is -0.398 e. The van der Waals surface area contributed by atoms with Gasteiger partial charge in [-0.2, -0.15) is 5.26 Å². The average molecular weight is 265 g/mol. The molecule has 0 radical (unpaired) electrons. The van der Waals surface area contributed by atoms with E-state index in [0.717, 1.165) is 11.1 Å². The lowest BCUT2D eigenvalue weighted by Gasteiger charge is -2.07. The van der Waals surface area contributed by atoms with E-state index in [2.05, 4.69) is 11.4 Å². The highest BCUT2D eigenvalue weighted by molar-refractivity contribution is 5.80. The predicted molar refractivity (Wildman–Crippen MR) is 77.6 cm³/mol. The Labute approximate surface area is 117 Å². The third-order valence-electron chi connectivity index (χ3n) is 2.95. The Hall–Kier alpha value is -2.80. The van der Waals surface area contributed by atoms with Crippen molar-refractivity contribution in [1.29, 1.82) is 5.26 Å². The van der Waals surface area contributed by atoms with Crippen LogP contribution in [0.3, 0.4) is 0 Å². The van der Waals surface area contributed by atoms with E-state index in [-0.39, 0.29) is 12.3 Å². The number of nitrogens with zero attached hydrogens (tertiary/aromatic N) is 1. The molecule has 0 spiro atoms. The number of nitrogens with one attached hydrogen (secondary N) is 1. The molecule has 1 amide bonds. The second-order valence-electron chi connectivity index (χ2n) is 4.46. The summed E-state index contributed by atoms with van der Waals surface area (Å²) in [5.41, 5.74) is 8.72. The molecule has 0 saturated carbocycles. The SMILES string of the molecule is N#Cc1cccc(CNC(=O)Cc2ccccc2N)c1. The molecule has 4 nitrogen and oxygen atoms in total. The highest BCUT2D eigenvalue weighted by Crippen LogP contribution is 2.11. The summed E-state index contributed by atoms with van der Waals surface area (Å²) in [4.78, 5) is 11.9. The fraction of sp³-hybridized carbons (Fsp3) is 0.125. The van der Waals surface area contributed by atoms with Crippen molar-refractivity contribution in [3.8, 4) is 6.07 Å². The maximum absolute atomic E-state index is 11.9. The Bertz CT molecular complexity index is 659. The summed E-state index contributed by atoms with van der Waals surface area (Å²) in [6.07, 6.45) is 0.255. The number of carbonyl (C=O) groups is 1. The zero-order valence-corrected chi connectivity index (χ0v) is 11.0. The molecule has 3 N–H and O–H groups in total. The van der Waals surface area contributed by atoms with Gasteiger partial charge in [-0.25, -0.2) is 0 Å². The van der Waals surface area contributed by atoms with Gasteiger partial charge in [0.15, 0.2) is 0 Å². The number of para-hydroxylation sites is 1. The predicted octanol–water partition coefficient (Wildman–Crippen LogP) is 2.00. The molecule has 0 aliphatic heterocycles. The number of hydrogen-bond acceptors (Lipinski definition) is 3. The first-order chi connectivity index (χ1) is 9.69. The van der Waals surface area contributed by atoms with E-state index < -0.39 is 0 Å². The van der Waals surface area contributed by atoms with Gasteiger partial charge in [-0.15, -0.1) is 0 Å². The molecule has 0 atom stereocenters. The van der Waals surface area contributed by atoms with Gasteiger partial charge < -0.3 is 11.1 Å². The maximum atomic E-state index is 11.9. The number of carbonyl (C=O) groups excluding carboxylic acids is 1. The van der Waals surface area contributed by atoms with E-state index in [4.69, 9.17) is 11.0 Å². The van der Waals surface area contributed by atoms with Gasteiger partial charge in [-0.3, -0.25) is 4.79 Å².